The summed E-state index contributed by atoms with van der Waals surface area (Å²) in [5, 5.41) is 6.41. The second kappa shape index (κ2) is 10.8. The van der Waals surface area contributed by atoms with E-state index >= 15 is 0 Å². The highest BCUT2D eigenvalue weighted by molar-refractivity contribution is 5.85. The molecule has 2 fully saturated rings. The third kappa shape index (κ3) is 6.48. The maximum atomic E-state index is 12.7. The first-order valence-corrected chi connectivity index (χ1v) is 9.76. The van der Waals surface area contributed by atoms with Crippen molar-refractivity contribution in [2.45, 2.75) is 70.7 Å². The Labute approximate surface area is 171 Å². The normalized spacial score (nSPS) is 23.2. The van der Waals surface area contributed by atoms with Gasteiger partial charge < -0.3 is 20.1 Å². The Hall–Kier alpha value is -1.60. The molecule has 8 heteroatoms. The summed E-state index contributed by atoms with van der Waals surface area (Å²) in [5.41, 5.74) is 0.512. The minimum atomic E-state index is -2.92. The number of carbonyl (C=O) groups excluding carboxylic acids is 1. The molecule has 2 atom stereocenters. The lowest BCUT2D eigenvalue weighted by Gasteiger charge is -2.28. The number of piperidine rings is 1. The smallest absolute Gasteiger partial charge is 0.387 e. The molecule has 1 aromatic carbocycles. The summed E-state index contributed by atoms with van der Waals surface area (Å²) in [6.07, 6.45) is 5.77. The zero-order valence-electron chi connectivity index (χ0n) is 16.1. The van der Waals surface area contributed by atoms with Crippen LogP contribution >= 0.6 is 12.4 Å². The maximum absolute atomic E-state index is 12.7. The quantitative estimate of drug-likeness (QED) is 0.635. The fourth-order valence-electron chi connectivity index (χ4n) is 4.07. The molecule has 1 aromatic rings. The van der Waals surface area contributed by atoms with E-state index in [1.54, 1.807) is 12.1 Å². The van der Waals surface area contributed by atoms with Gasteiger partial charge in [0.1, 0.15) is 11.5 Å². The van der Waals surface area contributed by atoms with Crippen molar-refractivity contribution in [2.24, 2.45) is 5.92 Å². The molecular formula is C20H29ClF2N2O3. The molecule has 0 aliphatic carbocycles. The summed E-state index contributed by atoms with van der Waals surface area (Å²) >= 11 is 0. The standard InChI is InChI=1S/C20H28F2N2O3.ClH/c1-2-7-26-17-6-3-14(18(11-17)27-20(21)22)12-23-19(25)10-13-8-15-4-5-16(9-13)24-15;/h3,6,11,13,15-16,20,24H,2,4-5,7-10,12H2,1H3,(H,23,25);1H. The van der Waals surface area contributed by atoms with Gasteiger partial charge >= 0.3 is 6.61 Å². The third-order valence-corrected chi connectivity index (χ3v) is 5.25. The van der Waals surface area contributed by atoms with Gasteiger partial charge in [0.05, 0.1) is 6.61 Å². The summed E-state index contributed by atoms with van der Waals surface area (Å²) in [6, 6.07) is 5.91. The van der Waals surface area contributed by atoms with Crippen LogP contribution in [0.3, 0.4) is 0 Å². The zero-order valence-corrected chi connectivity index (χ0v) is 16.9. The number of ether oxygens (including phenoxy) is 2. The van der Waals surface area contributed by atoms with Gasteiger partial charge in [-0.25, -0.2) is 0 Å². The van der Waals surface area contributed by atoms with E-state index in [4.69, 9.17) is 4.74 Å². The van der Waals surface area contributed by atoms with Crippen LogP contribution in [0.2, 0.25) is 0 Å². The van der Waals surface area contributed by atoms with Crippen molar-refractivity contribution in [2.75, 3.05) is 6.61 Å². The molecule has 158 valence electrons. The van der Waals surface area contributed by atoms with Gasteiger partial charge in [-0.15, -0.1) is 12.4 Å². The number of amides is 1. The van der Waals surface area contributed by atoms with Crippen molar-refractivity contribution in [3.63, 3.8) is 0 Å². The fourth-order valence-corrected chi connectivity index (χ4v) is 4.07. The van der Waals surface area contributed by atoms with E-state index in [0.717, 1.165) is 19.3 Å². The number of nitrogens with one attached hydrogen (secondary N) is 2. The number of hydrogen-bond acceptors (Lipinski definition) is 4. The summed E-state index contributed by atoms with van der Waals surface area (Å²) in [6.45, 7) is -0.296. The molecule has 2 aliphatic rings. The molecule has 3 rings (SSSR count). The molecule has 2 heterocycles. The lowest BCUT2D eigenvalue weighted by Crippen LogP contribution is -2.39. The third-order valence-electron chi connectivity index (χ3n) is 5.25. The topological polar surface area (TPSA) is 59.6 Å². The highest BCUT2D eigenvalue weighted by Gasteiger charge is 2.34. The molecule has 1 amide bonds. The summed E-state index contributed by atoms with van der Waals surface area (Å²) < 4.78 is 35.5. The lowest BCUT2D eigenvalue weighted by atomic mass is 9.89. The number of rotatable bonds is 9. The van der Waals surface area contributed by atoms with Crippen molar-refractivity contribution >= 4 is 18.3 Å². The Morgan fingerprint density at radius 1 is 1.29 bits per heavy atom. The monoisotopic (exact) mass is 418 g/mol. The van der Waals surface area contributed by atoms with Crippen LogP contribution in [0.5, 0.6) is 11.5 Å². The van der Waals surface area contributed by atoms with Crippen LogP contribution < -0.4 is 20.1 Å². The number of hydrogen-bond donors (Lipinski definition) is 2. The maximum Gasteiger partial charge on any atom is 0.387 e. The summed E-state index contributed by atoms with van der Waals surface area (Å²) in [5.74, 6) is 0.868. The van der Waals surface area contributed by atoms with Gasteiger partial charge in [-0.3, -0.25) is 4.79 Å². The first-order valence-electron chi connectivity index (χ1n) is 9.76. The molecule has 2 N–H and O–H groups in total. The molecule has 2 unspecified atom stereocenters. The van der Waals surface area contributed by atoms with Crippen molar-refractivity contribution in [3.05, 3.63) is 23.8 Å². The molecule has 2 aliphatic heterocycles. The fraction of sp³-hybridized carbons (Fsp3) is 0.650. The van der Waals surface area contributed by atoms with E-state index in [1.165, 1.54) is 18.9 Å². The Morgan fingerprint density at radius 3 is 2.64 bits per heavy atom. The molecule has 2 saturated heterocycles. The first-order chi connectivity index (χ1) is 13.0. The van der Waals surface area contributed by atoms with Gasteiger partial charge in [0.25, 0.3) is 0 Å². The predicted octanol–water partition coefficient (Wildman–Crippen LogP) is 4.04. The average Bonchev–Trinajstić information content (AvgIpc) is 2.97. The number of halogens is 3. The van der Waals surface area contributed by atoms with E-state index in [2.05, 4.69) is 15.4 Å². The number of alkyl halides is 2. The number of carbonyl (C=O) groups is 1. The van der Waals surface area contributed by atoms with E-state index < -0.39 is 6.61 Å². The van der Waals surface area contributed by atoms with Crippen LogP contribution in [0.25, 0.3) is 0 Å². The molecule has 0 radical (unpaired) electrons. The molecule has 28 heavy (non-hydrogen) atoms. The highest BCUT2D eigenvalue weighted by atomic mass is 35.5. The SMILES string of the molecule is CCCOc1ccc(CNC(=O)CC2CC3CCC(C2)N3)c(OC(F)F)c1.Cl. The largest absolute Gasteiger partial charge is 0.493 e. The summed E-state index contributed by atoms with van der Waals surface area (Å²) in [4.78, 5) is 12.3. The Balaban J connectivity index is 0.00000280. The van der Waals surface area contributed by atoms with Crippen LogP contribution in [0.4, 0.5) is 8.78 Å². The van der Waals surface area contributed by atoms with Crippen LogP contribution in [0.1, 0.15) is 51.0 Å². The van der Waals surface area contributed by atoms with Crippen molar-refractivity contribution < 1.29 is 23.0 Å². The van der Waals surface area contributed by atoms with Gasteiger partial charge in [-0.05, 0) is 50.2 Å². The number of fused-ring (bicyclic) bond motifs is 2. The van der Waals surface area contributed by atoms with E-state index in [0.29, 0.717) is 42.3 Å². The first kappa shape index (κ1) is 22.7. The molecule has 5 nitrogen and oxygen atoms in total. The van der Waals surface area contributed by atoms with Crippen molar-refractivity contribution in [1.29, 1.82) is 0 Å². The molecule has 0 spiro atoms. The Bertz CT molecular complexity index is 636. The van der Waals surface area contributed by atoms with E-state index in [-0.39, 0.29) is 30.6 Å². The highest BCUT2D eigenvalue weighted by Crippen LogP contribution is 2.32. The van der Waals surface area contributed by atoms with Crippen LogP contribution in [0.15, 0.2) is 18.2 Å². The minimum Gasteiger partial charge on any atom is -0.493 e. The van der Waals surface area contributed by atoms with Gasteiger partial charge in [-0.2, -0.15) is 8.78 Å². The number of benzene rings is 1. The molecular weight excluding hydrogens is 390 g/mol. The van der Waals surface area contributed by atoms with E-state index in [9.17, 15) is 13.6 Å². The Morgan fingerprint density at radius 2 is 2.00 bits per heavy atom. The second-order valence-corrected chi connectivity index (χ2v) is 7.45. The molecule has 2 bridgehead atoms. The average molecular weight is 419 g/mol. The van der Waals surface area contributed by atoms with Crippen molar-refractivity contribution in [1.82, 2.24) is 10.6 Å². The Kier molecular flexibility index (Phi) is 8.76. The van der Waals surface area contributed by atoms with Crippen molar-refractivity contribution in [3.8, 4) is 11.5 Å². The van der Waals surface area contributed by atoms with Crippen LogP contribution in [0, 0.1) is 5.92 Å². The van der Waals surface area contributed by atoms with Crippen LogP contribution in [-0.4, -0.2) is 31.2 Å². The predicted molar refractivity (Wildman–Crippen MR) is 105 cm³/mol. The van der Waals surface area contributed by atoms with Gasteiger partial charge in [0, 0.05) is 36.7 Å². The molecule has 0 saturated carbocycles. The zero-order chi connectivity index (χ0) is 19.2. The lowest BCUT2D eigenvalue weighted by molar-refractivity contribution is -0.122. The van der Waals surface area contributed by atoms with Gasteiger partial charge in [0.2, 0.25) is 5.91 Å². The summed E-state index contributed by atoms with van der Waals surface area (Å²) in [7, 11) is 0. The van der Waals surface area contributed by atoms with Gasteiger partial charge in [-0.1, -0.05) is 6.92 Å². The van der Waals surface area contributed by atoms with E-state index in [1.807, 2.05) is 6.92 Å². The second-order valence-electron chi connectivity index (χ2n) is 7.45. The van der Waals surface area contributed by atoms with Crippen LogP contribution in [-0.2, 0) is 11.3 Å². The van der Waals surface area contributed by atoms with Gasteiger partial charge in [0.15, 0.2) is 0 Å². The molecule has 0 aromatic heterocycles. The minimum absolute atomic E-state index is 0.